The van der Waals surface area contributed by atoms with Crippen molar-refractivity contribution in [1.29, 1.82) is 0 Å². The van der Waals surface area contributed by atoms with Crippen molar-refractivity contribution in [1.82, 2.24) is 36.8 Å². The van der Waals surface area contributed by atoms with Crippen molar-refractivity contribution in [2.45, 2.75) is 128 Å². The number of piperidine rings is 1. The summed E-state index contributed by atoms with van der Waals surface area (Å²) < 4.78 is 2.27. The third kappa shape index (κ3) is 18.8. The molecule has 0 radical (unpaired) electrons. The first-order valence-electron chi connectivity index (χ1n) is 35.6. The number of carbonyl (C=O) groups is 9. The summed E-state index contributed by atoms with van der Waals surface area (Å²) in [4.78, 5) is 126. The minimum Gasteiger partial charge on any atom is -0.481 e. The standard InChI is InChI=1S/C83H93N9O11/c1-81(2)64-26-16-18-28-68(64)90(5)70(81)30-11-7-12-31-71-82(3,4)65-27-17-19-29-69(65)92(71)49-20-8-13-32-72(93)85-46-47-86-76(97)66-43-45-84-73(94)41-42-75(96)91-48-21-44-83(55-91,53-58-22-9-6-10-23-58)80(103)89-67(77(98)87-54-62-25-15-14-24-61(62)52-74(95)88-66)51-57-35-39-60(40-36-57)59-37-33-56(34-38-59)50-63(78(99)100)79(101)102/h6-7,9-12,14-19,22-31,33-42,63,66-67H,8,13,20-21,32,43-55H2,1-5H3,(H7-,84,85,86,87,88,89,93,94,95,97,98,99,100,101,102,103)/p+1/b42-41+/t66-,67-,83-/m0/s1. The predicted molar refractivity (Wildman–Crippen MR) is 397 cm³/mol. The predicted octanol–water partition coefficient (Wildman–Crippen LogP) is 9.27. The van der Waals surface area contributed by atoms with E-state index in [1.165, 1.54) is 38.8 Å². The van der Waals surface area contributed by atoms with Gasteiger partial charge in [-0.25, -0.2) is 0 Å². The molecule has 10 rings (SSSR count). The van der Waals surface area contributed by atoms with Crippen molar-refractivity contribution in [3.8, 4) is 11.1 Å². The number of para-hydroxylation sites is 2. The molecule has 4 heterocycles. The number of carboxylic acids is 2. The minimum absolute atomic E-state index is 0.0132. The van der Waals surface area contributed by atoms with E-state index >= 15 is 4.79 Å². The molecule has 0 spiro atoms. The monoisotopic (exact) mass is 1390 g/mol. The van der Waals surface area contributed by atoms with Crippen LogP contribution in [0.4, 0.5) is 11.4 Å². The fraction of sp³-hybridized carbons (Fsp3) is 0.349. The fourth-order valence-corrected chi connectivity index (χ4v) is 14.6. The van der Waals surface area contributed by atoms with Gasteiger partial charge >= 0.3 is 11.9 Å². The van der Waals surface area contributed by atoms with Gasteiger partial charge in [0.2, 0.25) is 47.0 Å². The molecule has 3 atom stereocenters. The highest BCUT2D eigenvalue weighted by molar-refractivity contribution is 6.03. The maximum atomic E-state index is 15.2. The number of hydrogen-bond donors (Lipinski definition) is 8. The maximum Gasteiger partial charge on any atom is 0.318 e. The van der Waals surface area contributed by atoms with Crippen LogP contribution in [0.25, 0.3) is 11.1 Å². The number of carboxylic acid groups (broad SMARTS) is 2. The molecule has 0 saturated carbocycles. The molecule has 1 fully saturated rings. The van der Waals surface area contributed by atoms with Gasteiger partial charge in [0.1, 0.15) is 19.1 Å². The number of amides is 7. The average molecular weight is 1390 g/mol. The Hall–Kier alpha value is -11.0. The lowest BCUT2D eigenvalue weighted by Gasteiger charge is -2.42. The molecular formula is C83H94N9O11+. The Morgan fingerprint density at radius 2 is 1.33 bits per heavy atom. The molecule has 8 N–H and O–H groups in total. The molecule has 4 aliphatic rings. The van der Waals surface area contributed by atoms with Gasteiger partial charge in [-0.3, -0.25) is 43.2 Å². The molecule has 1 saturated heterocycles. The zero-order chi connectivity index (χ0) is 73.3. The fourth-order valence-electron chi connectivity index (χ4n) is 14.6. The van der Waals surface area contributed by atoms with Gasteiger partial charge in [0.05, 0.1) is 17.3 Å². The number of allylic oxidation sites excluding steroid dienone is 6. The normalized spacial score (nSPS) is 20.1. The second-order valence-electron chi connectivity index (χ2n) is 28.2. The highest BCUT2D eigenvalue weighted by Gasteiger charge is 2.46. The third-order valence-corrected chi connectivity index (χ3v) is 20.3. The van der Waals surface area contributed by atoms with Crippen LogP contribution in [-0.4, -0.2) is 137 Å². The van der Waals surface area contributed by atoms with Crippen LogP contribution >= 0.6 is 0 Å². The number of fused-ring (bicyclic) bond motifs is 5. The van der Waals surface area contributed by atoms with Crippen LogP contribution in [-0.2, 0) is 86.2 Å². The van der Waals surface area contributed by atoms with E-state index in [-0.39, 0.29) is 81.6 Å². The Bertz CT molecular complexity index is 4270. The number of anilines is 1. The van der Waals surface area contributed by atoms with E-state index in [9.17, 15) is 48.6 Å². The quantitative estimate of drug-likeness (QED) is 0.0137. The maximum absolute atomic E-state index is 15.2. The topological polar surface area (TPSA) is 276 Å². The molecule has 536 valence electrons. The summed E-state index contributed by atoms with van der Waals surface area (Å²) in [5, 5.41) is 36.3. The van der Waals surface area contributed by atoms with E-state index in [4.69, 9.17) is 0 Å². The summed E-state index contributed by atoms with van der Waals surface area (Å²) in [6.07, 6.45) is 16.3. The van der Waals surface area contributed by atoms with Crippen molar-refractivity contribution in [2.75, 3.05) is 51.2 Å². The number of nitrogens with zero attached hydrogens (tertiary/aromatic N) is 3. The highest BCUT2D eigenvalue weighted by atomic mass is 16.4. The molecule has 6 aromatic carbocycles. The number of rotatable bonds is 22. The van der Waals surface area contributed by atoms with E-state index < -0.39 is 70.8 Å². The van der Waals surface area contributed by atoms with Crippen molar-refractivity contribution >= 4 is 70.4 Å². The van der Waals surface area contributed by atoms with Crippen molar-refractivity contribution in [2.24, 2.45) is 11.3 Å². The van der Waals surface area contributed by atoms with Crippen LogP contribution in [0.1, 0.15) is 112 Å². The number of unbranched alkanes of at least 4 members (excludes halogenated alkanes) is 2. The molecule has 4 aliphatic heterocycles. The van der Waals surface area contributed by atoms with Gasteiger partial charge in [0, 0.05) is 105 Å². The Labute approximate surface area is 602 Å². The van der Waals surface area contributed by atoms with Gasteiger partial charge in [-0.2, -0.15) is 4.58 Å². The van der Waals surface area contributed by atoms with Gasteiger partial charge in [-0.15, -0.1) is 0 Å². The van der Waals surface area contributed by atoms with E-state index in [1.54, 1.807) is 48.5 Å². The molecule has 6 aromatic rings. The van der Waals surface area contributed by atoms with Crippen LogP contribution in [0.2, 0.25) is 0 Å². The van der Waals surface area contributed by atoms with Gasteiger partial charge in [0.25, 0.3) is 0 Å². The first kappa shape index (κ1) is 74.7. The first-order valence-corrected chi connectivity index (χ1v) is 35.6. The van der Waals surface area contributed by atoms with E-state index in [1.807, 2.05) is 54.6 Å². The lowest BCUT2D eigenvalue weighted by Crippen LogP contribution is -2.58. The molecule has 103 heavy (non-hydrogen) atoms. The van der Waals surface area contributed by atoms with Crippen molar-refractivity contribution < 1.29 is 57.9 Å². The zero-order valence-electron chi connectivity index (χ0n) is 59.3. The van der Waals surface area contributed by atoms with Gasteiger partial charge < -0.3 is 51.9 Å². The first-order chi connectivity index (χ1) is 49.5. The Balaban J connectivity index is 0.765. The molecule has 7 amide bonds. The Kier molecular flexibility index (Phi) is 24.7. The van der Waals surface area contributed by atoms with Gasteiger partial charge in [-0.05, 0) is 115 Å². The summed E-state index contributed by atoms with van der Waals surface area (Å²) in [5.74, 6) is -7.72. The lowest BCUT2D eigenvalue weighted by molar-refractivity contribution is -0.401. The van der Waals surface area contributed by atoms with Crippen molar-refractivity contribution in [3.63, 3.8) is 0 Å². The smallest absolute Gasteiger partial charge is 0.318 e. The van der Waals surface area contributed by atoms with Crippen LogP contribution in [0.3, 0.4) is 0 Å². The number of benzene rings is 6. The van der Waals surface area contributed by atoms with Crippen LogP contribution in [0, 0.1) is 11.3 Å². The Morgan fingerprint density at radius 3 is 2.05 bits per heavy atom. The lowest BCUT2D eigenvalue weighted by atomic mass is 9.74. The van der Waals surface area contributed by atoms with E-state index in [2.05, 4.69) is 155 Å². The molecule has 0 unspecified atom stereocenters. The summed E-state index contributed by atoms with van der Waals surface area (Å²) in [6, 6.07) is 45.6. The minimum atomic E-state index is -1.59. The SMILES string of the molecule is C[N+]1=C(/C=C/C=C/C=C2\N(CCCCCC(=O)NCCNC(=O)[C@@H]3CCNC(=O)/C=C/C(=O)N4CCC[C@](Cc5ccccc5)(C4)C(=O)N[C@@H](Cc4ccc(-c5ccc(CC(C(=O)O)C(=O)O)cc5)cc4)C(=O)NCc4ccccc4CC(=O)N3)c3ccccc3C2(C)C)C(C)(C)c2ccccc21. The zero-order valence-corrected chi connectivity index (χ0v) is 59.3. The van der Waals surface area contributed by atoms with E-state index in [0.717, 1.165) is 48.2 Å². The Morgan fingerprint density at radius 1 is 0.670 bits per heavy atom. The highest BCUT2D eigenvalue weighted by Crippen LogP contribution is 2.48. The second kappa shape index (κ2) is 34.1. The number of nitrogens with one attached hydrogen (secondary N) is 6. The number of carbonyl (C=O) groups excluding carboxylic acids is 7. The molecular weight excluding hydrogens is 1300 g/mol. The molecule has 2 bridgehead atoms. The van der Waals surface area contributed by atoms with Crippen LogP contribution < -0.4 is 36.8 Å². The van der Waals surface area contributed by atoms with Crippen molar-refractivity contribution in [3.05, 3.63) is 239 Å². The summed E-state index contributed by atoms with van der Waals surface area (Å²) in [5.41, 5.74) is 10.7. The van der Waals surface area contributed by atoms with Gasteiger partial charge in [0.15, 0.2) is 11.6 Å². The molecule has 0 aliphatic carbocycles. The largest absolute Gasteiger partial charge is 0.481 e. The number of hydrogen-bond acceptors (Lipinski definition) is 10. The summed E-state index contributed by atoms with van der Waals surface area (Å²) in [7, 11) is 2.12. The molecule has 20 nitrogen and oxygen atoms in total. The van der Waals surface area contributed by atoms with E-state index in [0.29, 0.717) is 54.5 Å². The van der Waals surface area contributed by atoms with Crippen LogP contribution in [0.15, 0.2) is 200 Å². The second-order valence-corrected chi connectivity index (χ2v) is 28.2. The molecule has 0 aromatic heterocycles. The summed E-state index contributed by atoms with van der Waals surface area (Å²) >= 11 is 0. The average Bonchev–Trinajstić information content (AvgIpc) is 1.61. The molecule has 20 heteroatoms. The third-order valence-electron chi connectivity index (χ3n) is 20.3. The summed E-state index contributed by atoms with van der Waals surface area (Å²) in [6.45, 7) is 10.2. The van der Waals surface area contributed by atoms with Gasteiger partial charge in [-0.1, -0.05) is 178 Å². The number of aliphatic carboxylic acids is 2. The van der Waals surface area contributed by atoms with Crippen LogP contribution in [0.5, 0.6) is 0 Å².